The first-order valence-corrected chi connectivity index (χ1v) is 10.8. The largest absolute Gasteiger partial charge is 0.478 e. The molecular formula is C24H30N2O9. The smallest absolute Gasteiger partial charge is 0.328 e. The Kier molecular flexibility index (Phi) is 12.6. The van der Waals surface area contributed by atoms with Gasteiger partial charge in [-0.05, 0) is 43.5 Å². The van der Waals surface area contributed by atoms with E-state index in [2.05, 4.69) is 29.0 Å². The summed E-state index contributed by atoms with van der Waals surface area (Å²) < 4.78 is 0. The quantitative estimate of drug-likeness (QED) is 0.317. The van der Waals surface area contributed by atoms with Crippen molar-refractivity contribution < 1.29 is 44.4 Å². The van der Waals surface area contributed by atoms with E-state index in [1.165, 1.54) is 24.0 Å². The Bertz CT molecular complexity index is 911. The number of Topliss-reactive ketones (excluding diaryl/α,β-unsaturated/α-hetero) is 1. The van der Waals surface area contributed by atoms with Crippen molar-refractivity contribution in [3.8, 4) is 0 Å². The molecule has 0 radical (unpaired) electrons. The zero-order valence-electron chi connectivity index (χ0n) is 19.4. The molecule has 0 unspecified atom stereocenters. The summed E-state index contributed by atoms with van der Waals surface area (Å²) in [6.45, 7) is 4.72. The minimum absolute atomic E-state index is 0.277. The third kappa shape index (κ3) is 12.8. The lowest BCUT2D eigenvalue weighted by molar-refractivity contribution is -0.134. The predicted molar refractivity (Wildman–Crippen MR) is 126 cm³/mol. The van der Waals surface area contributed by atoms with Gasteiger partial charge in [0.05, 0.1) is 6.54 Å². The zero-order valence-corrected chi connectivity index (χ0v) is 19.4. The molecule has 1 aromatic carbocycles. The van der Waals surface area contributed by atoms with E-state index in [1.807, 2.05) is 6.07 Å². The molecule has 1 heterocycles. The van der Waals surface area contributed by atoms with Gasteiger partial charge in [0.1, 0.15) is 0 Å². The number of piperazine rings is 1. The molecule has 1 aromatic rings. The molecule has 11 nitrogen and oxygen atoms in total. The van der Waals surface area contributed by atoms with Crippen molar-refractivity contribution in [2.75, 3.05) is 39.8 Å². The van der Waals surface area contributed by atoms with Crippen LogP contribution in [0.2, 0.25) is 0 Å². The first kappa shape index (κ1) is 29.2. The van der Waals surface area contributed by atoms with E-state index in [0.717, 1.165) is 38.2 Å². The maximum atomic E-state index is 12.3. The van der Waals surface area contributed by atoms with Gasteiger partial charge < -0.3 is 25.3 Å². The number of carbonyl (C=O) groups is 5. The van der Waals surface area contributed by atoms with Gasteiger partial charge in [0.2, 0.25) is 0 Å². The van der Waals surface area contributed by atoms with Crippen LogP contribution in [0.3, 0.4) is 0 Å². The summed E-state index contributed by atoms with van der Waals surface area (Å²) in [6, 6.07) is 6.29. The molecular weight excluding hydrogens is 460 g/mol. The number of benzene rings is 1. The standard InChI is InChI=1S/C16H22N2O.2C4H4O4/c1-17-7-9-18(10-8-17)12-16(19)15-6-5-13-3-2-4-14(13)11-15;2*5-3(6)1-2-4(7)8/h5-6,11H,2-4,7-10,12H2,1H3;2*1-2H,(H,5,6)(H,7,8)/b;2*2-1-. The number of carboxylic acids is 4. The van der Waals surface area contributed by atoms with Crippen molar-refractivity contribution in [1.82, 2.24) is 9.80 Å². The average molecular weight is 491 g/mol. The third-order valence-corrected chi connectivity index (χ3v) is 5.12. The van der Waals surface area contributed by atoms with E-state index >= 15 is 0 Å². The Morgan fingerprint density at radius 1 is 0.743 bits per heavy atom. The minimum Gasteiger partial charge on any atom is -0.478 e. The second-order valence-corrected chi connectivity index (χ2v) is 7.86. The molecule has 0 bridgehead atoms. The summed E-state index contributed by atoms with van der Waals surface area (Å²) in [6.07, 6.45) is 5.80. The number of carboxylic acid groups (broad SMARTS) is 4. The van der Waals surface area contributed by atoms with Crippen molar-refractivity contribution in [2.24, 2.45) is 0 Å². The number of hydrogen-bond acceptors (Lipinski definition) is 7. The lowest BCUT2D eigenvalue weighted by Crippen LogP contribution is -2.46. The fourth-order valence-corrected chi connectivity index (χ4v) is 3.33. The number of fused-ring (bicyclic) bond motifs is 1. The fraction of sp³-hybridized carbons (Fsp3) is 0.375. The summed E-state index contributed by atoms with van der Waals surface area (Å²) in [4.78, 5) is 55.1. The van der Waals surface area contributed by atoms with E-state index in [-0.39, 0.29) is 5.78 Å². The molecule has 35 heavy (non-hydrogen) atoms. The normalized spacial score (nSPS) is 15.5. The van der Waals surface area contributed by atoms with Crippen LogP contribution < -0.4 is 0 Å². The predicted octanol–water partition coefficient (Wildman–Crippen LogP) is 1.03. The SMILES string of the molecule is CN1CCN(CC(=O)c2ccc3c(c2)CCC3)CC1.O=C(O)/C=C\C(=O)O.O=C(O)/C=C\C(=O)O. The molecule has 0 aromatic heterocycles. The third-order valence-electron chi connectivity index (χ3n) is 5.12. The molecule has 1 saturated heterocycles. The van der Waals surface area contributed by atoms with Gasteiger partial charge in [-0.25, -0.2) is 19.2 Å². The molecule has 1 fully saturated rings. The van der Waals surface area contributed by atoms with E-state index in [4.69, 9.17) is 20.4 Å². The van der Waals surface area contributed by atoms with Crippen LogP contribution >= 0.6 is 0 Å². The Hall–Kier alpha value is -3.83. The number of aliphatic carboxylic acids is 4. The Morgan fingerprint density at radius 2 is 1.20 bits per heavy atom. The zero-order chi connectivity index (χ0) is 26.4. The summed E-state index contributed by atoms with van der Waals surface area (Å²) in [5, 5.41) is 31.2. The van der Waals surface area contributed by atoms with E-state index < -0.39 is 23.9 Å². The highest BCUT2D eigenvalue weighted by molar-refractivity contribution is 5.98. The molecule has 0 saturated carbocycles. The van der Waals surface area contributed by atoms with E-state index in [9.17, 15) is 24.0 Å². The average Bonchev–Trinajstić information content (AvgIpc) is 3.27. The Balaban J connectivity index is 0.000000320. The lowest BCUT2D eigenvalue weighted by Gasteiger charge is -2.31. The summed E-state index contributed by atoms with van der Waals surface area (Å²) in [5.74, 6) is -4.75. The van der Waals surface area contributed by atoms with Crippen LogP contribution in [0.1, 0.15) is 27.9 Å². The van der Waals surface area contributed by atoms with E-state index in [0.29, 0.717) is 30.8 Å². The van der Waals surface area contributed by atoms with Crippen LogP contribution in [-0.4, -0.2) is 99.7 Å². The molecule has 0 atom stereocenters. The molecule has 11 heteroatoms. The van der Waals surface area contributed by atoms with Crippen LogP contribution in [0.25, 0.3) is 0 Å². The van der Waals surface area contributed by atoms with Gasteiger partial charge in [-0.3, -0.25) is 9.69 Å². The van der Waals surface area contributed by atoms with Gasteiger partial charge in [-0.2, -0.15) is 0 Å². The fourth-order valence-electron chi connectivity index (χ4n) is 3.33. The summed E-state index contributed by atoms with van der Waals surface area (Å²) in [5.41, 5.74) is 3.74. The number of aryl methyl sites for hydroxylation is 2. The highest BCUT2D eigenvalue weighted by Crippen LogP contribution is 2.23. The van der Waals surface area contributed by atoms with Crippen LogP contribution in [0.5, 0.6) is 0 Å². The molecule has 190 valence electrons. The van der Waals surface area contributed by atoms with Crippen molar-refractivity contribution in [3.63, 3.8) is 0 Å². The van der Waals surface area contributed by atoms with Gasteiger partial charge in [-0.15, -0.1) is 0 Å². The van der Waals surface area contributed by atoms with Gasteiger partial charge in [0.15, 0.2) is 5.78 Å². The number of hydrogen-bond donors (Lipinski definition) is 4. The van der Waals surface area contributed by atoms with Crippen molar-refractivity contribution >= 4 is 29.7 Å². The maximum Gasteiger partial charge on any atom is 0.328 e. The molecule has 1 aliphatic heterocycles. The molecule has 1 aliphatic carbocycles. The van der Waals surface area contributed by atoms with E-state index in [1.54, 1.807) is 0 Å². The monoisotopic (exact) mass is 490 g/mol. The Morgan fingerprint density at radius 3 is 1.66 bits per heavy atom. The molecule has 0 spiro atoms. The summed E-state index contributed by atoms with van der Waals surface area (Å²) >= 11 is 0. The topological polar surface area (TPSA) is 173 Å². The van der Waals surface area contributed by atoms with Crippen molar-refractivity contribution in [1.29, 1.82) is 0 Å². The highest BCUT2D eigenvalue weighted by atomic mass is 16.4. The van der Waals surface area contributed by atoms with Gasteiger partial charge >= 0.3 is 23.9 Å². The Labute approximate surface area is 202 Å². The summed E-state index contributed by atoms with van der Waals surface area (Å²) in [7, 11) is 2.14. The second-order valence-electron chi connectivity index (χ2n) is 7.86. The number of carbonyl (C=O) groups excluding carboxylic acids is 1. The highest BCUT2D eigenvalue weighted by Gasteiger charge is 2.19. The van der Waals surface area contributed by atoms with Gasteiger partial charge in [0.25, 0.3) is 0 Å². The first-order chi connectivity index (χ1) is 16.5. The van der Waals surface area contributed by atoms with Crippen molar-refractivity contribution in [3.05, 3.63) is 59.2 Å². The number of rotatable bonds is 7. The van der Waals surface area contributed by atoms with Crippen LogP contribution in [0, 0.1) is 0 Å². The number of ketones is 1. The molecule has 3 rings (SSSR count). The number of nitrogens with zero attached hydrogens (tertiary/aromatic N) is 2. The lowest BCUT2D eigenvalue weighted by atomic mass is 10.0. The van der Waals surface area contributed by atoms with Crippen molar-refractivity contribution in [2.45, 2.75) is 19.3 Å². The second kappa shape index (κ2) is 15.1. The number of likely N-dealkylation sites (N-methyl/N-ethyl adjacent to an activating group) is 1. The molecule has 0 amide bonds. The first-order valence-electron chi connectivity index (χ1n) is 10.8. The maximum absolute atomic E-state index is 12.3. The van der Waals surface area contributed by atoms with Gasteiger partial charge in [0, 0.05) is 56.0 Å². The van der Waals surface area contributed by atoms with Crippen LogP contribution in [-0.2, 0) is 32.0 Å². The van der Waals surface area contributed by atoms with Crippen LogP contribution in [0.4, 0.5) is 0 Å². The minimum atomic E-state index is -1.26. The van der Waals surface area contributed by atoms with Crippen LogP contribution in [0.15, 0.2) is 42.5 Å². The molecule has 2 aliphatic rings. The van der Waals surface area contributed by atoms with Gasteiger partial charge in [-0.1, -0.05) is 12.1 Å². The molecule has 4 N–H and O–H groups in total.